The van der Waals surface area contributed by atoms with Crippen LogP contribution >= 0.6 is 0 Å². The minimum absolute atomic E-state index is 0.0258. The fraction of sp³-hybridized carbons (Fsp3) is 0.750. The minimum Gasteiger partial charge on any atom is -0.368 e. The second-order valence-electron chi connectivity index (χ2n) is 6.67. The van der Waals surface area contributed by atoms with Gasteiger partial charge in [0.1, 0.15) is 11.9 Å². The third-order valence-corrected chi connectivity index (χ3v) is 4.74. The van der Waals surface area contributed by atoms with Crippen LogP contribution in [-0.4, -0.2) is 46.7 Å². The predicted octanol–water partition coefficient (Wildman–Crippen LogP) is 2.49. The molecule has 2 aliphatic rings. The summed E-state index contributed by atoms with van der Waals surface area (Å²) in [6.45, 7) is 1.60. The van der Waals surface area contributed by atoms with Gasteiger partial charge in [-0.2, -0.15) is 13.2 Å². The number of likely N-dealkylation sites (N-methyl/N-ethyl adjacent to an activating group) is 1. The van der Waals surface area contributed by atoms with Gasteiger partial charge in [0.25, 0.3) is 5.91 Å². The third kappa shape index (κ3) is 3.74. The number of alkyl halides is 3. The van der Waals surface area contributed by atoms with E-state index < -0.39 is 11.9 Å². The quantitative estimate of drug-likeness (QED) is 0.846. The van der Waals surface area contributed by atoms with Crippen LogP contribution in [0.3, 0.4) is 0 Å². The van der Waals surface area contributed by atoms with Crippen LogP contribution < -0.4 is 0 Å². The molecule has 1 saturated heterocycles. The second-order valence-corrected chi connectivity index (χ2v) is 6.67. The molecule has 0 spiro atoms. The molecule has 2 atom stereocenters. The Kier molecular flexibility index (Phi) is 4.85. The number of ether oxygens (including phenoxy) is 1. The van der Waals surface area contributed by atoms with E-state index in [-0.39, 0.29) is 17.9 Å². The van der Waals surface area contributed by atoms with Crippen LogP contribution in [0.4, 0.5) is 13.2 Å². The van der Waals surface area contributed by atoms with Crippen LogP contribution in [0.25, 0.3) is 0 Å². The SMILES string of the molecule is CN(C[C@@H]1CCc2nc(C(F)(F)F)cn2C1)C(=O)[C@@H]1CCCCO1. The van der Waals surface area contributed by atoms with E-state index in [1.165, 1.54) is 0 Å². The van der Waals surface area contributed by atoms with Crippen molar-refractivity contribution in [3.63, 3.8) is 0 Å². The molecule has 3 heterocycles. The molecule has 1 fully saturated rings. The van der Waals surface area contributed by atoms with Crippen molar-refractivity contribution in [3.8, 4) is 0 Å². The summed E-state index contributed by atoms with van der Waals surface area (Å²) in [5.41, 5.74) is -0.835. The number of aryl methyl sites for hydroxylation is 1. The smallest absolute Gasteiger partial charge is 0.368 e. The van der Waals surface area contributed by atoms with Crippen LogP contribution in [0.15, 0.2) is 6.20 Å². The first-order valence-electron chi connectivity index (χ1n) is 8.34. The molecule has 0 saturated carbocycles. The van der Waals surface area contributed by atoms with E-state index in [1.54, 1.807) is 16.5 Å². The highest BCUT2D eigenvalue weighted by Crippen LogP contribution is 2.31. The fourth-order valence-electron chi connectivity index (χ4n) is 3.46. The van der Waals surface area contributed by atoms with Crippen molar-refractivity contribution in [2.45, 2.75) is 50.9 Å². The van der Waals surface area contributed by atoms with E-state index in [0.717, 1.165) is 31.9 Å². The summed E-state index contributed by atoms with van der Waals surface area (Å²) in [4.78, 5) is 17.7. The van der Waals surface area contributed by atoms with Crippen molar-refractivity contribution in [1.29, 1.82) is 0 Å². The molecule has 0 aromatic carbocycles. The van der Waals surface area contributed by atoms with Gasteiger partial charge in [-0.15, -0.1) is 0 Å². The molecule has 0 aliphatic carbocycles. The maximum Gasteiger partial charge on any atom is 0.434 e. The third-order valence-electron chi connectivity index (χ3n) is 4.74. The van der Waals surface area contributed by atoms with Crippen molar-refractivity contribution < 1.29 is 22.7 Å². The standard InChI is InChI=1S/C16H22F3N3O2/c1-21(15(23)12-4-2-3-7-24-12)8-11-5-6-14-20-13(16(17,18)19)10-22(14)9-11/h10-12H,2-9H2,1H3/t11-,12-/m0/s1. The summed E-state index contributed by atoms with van der Waals surface area (Å²) in [6.07, 6.45) is 0.258. The lowest BCUT2D eigenvalue weighted by atomic mass is 9.98. The summed E-state index contributed by atoms with van der Waals surface area (Å²) >= 11 is 0. The summed E-state index contributed by atoms with van der Waals surface area (Å²) in [7, 11) is 1.74. The number of hydrogen-bond acceptors (Lipinski definition) is 3. The van der Waals surface area contributed by atoms with Gasteiger partial charge < -0.3 is 14.2 Å². The number of hydrogen-bond donors (Lipinski definition) is 0. The van der Waals surface area contributed by atoms with E-state index in [9.17, 15) is 18.0 Å². The van der Waals surface area contributed by atoms with Crippen molar-refractivity contribution in [2.24, 2.45) is 5.92 Å². The Hall–Kier alpha value is -1.57. The molecule has 3 rings (SSSR count). The highest BCUT2D eigenvalue weighted by Gasteiger charge is 2.36. The number of halogens is 3. The highest BCUT2D eigenvalue weighted by atomic mass is 19.4. The molecule has 1 aromatic rings. The van der Waals surface area contributed by atoms with Gasteiger partial charge >= 0.3 is 6.18 Å². The van der Waals surface area contributed by atoms with Gasteiger partial charge in [0.05, 0.1) is 0 Å². The molecule has 5 nitrogen and oxygen atoms in total. The van der Waals surface area contributed by atoms with Crippen molar-refractivity contribution in [3.05, 3.63) is 17.7 Å². The summed E-state index contributed by atoms with van der Waals surface area (Å²) in [6, 6.07) is 0. The molecule has 134 valence electrons. The first-order chi connectivity index (χ1) is 11.3. The van der Waals surface area contributed by atoms with Crippen molar-refractivity contribution in [2.75, 3.05) is 20.2 Å². The Morgan fingerprint density at radius 3 is 2.88 bits per heavy atom. The molecule has 2 aliphatic heterocycles. The van der Waals surface area contributed by atoms with Crippen LogP contribution in [0.5, 0.6) is 0 Å². The average molecular weight is 345 g/mol. The number of carbonyl (C=O) groups is 1. The number of imidazole rings is 1. The summed E-state index contributed by atoms with van der Waals surface area (Å²) in [5.74, 6) is 0.579. The Bertz CT molecular complexity index is 594. The largest absolute Gasteiger partial charge is 0.434 e. The van der Waals surface area contributed by atoms with Gasteiger partial charge in [0.15, 0.2) is 5.69 Å². The van der Waals surface area contributed by atoms with Gasteiger partial charge in [-0.3, -0.25) is 4.79 Å². The molecule has 8 heteroatoms. The lowest BCUT2D eigenvalue weighted by Gasteiger charge is -2.31. The van der Waals surface area contributed by atoms with Crippen LogP contribution in [0, 0.1) is 5.92 Å². The van der Waals surface area contributed by atoms with Gasteiger partial charge in [-0.1, -0.05) is 0 Å². The number of aromatic nitrogens is 2. The molecule has 0 N–H and O–H groups in total. The lowest BCUT2D eigenvalue weighted by Crippen LogP contribution is -2.43. The number of amides is 1. The van der Waals surface area contributed by atoms with Crippen molar-refractivity contribution in [1.82, 2.24) is 14.5 Å². The van der Waals surface area contributed by atoms with E-state index in [0.29, 0.717) is 31.9 Å². The fourth-order valence-corrected chi connectivity index (χ4v) is 3.46. The Morgan fingerprint density at radius 1 is 1.42 bits per heavy atom. The average Bonchev–Trinajstić information content (AvgIpc) is 2.98. The molecule has 1 amide bonds. The number of fused-ring (bicyclic) bond motifs is 1. The Morgan fingerprint density at radius 2 is 2.21 bits per heavy atom. The molecular formula is C16H22F3N3O2. The van der Waals surface area contributed by atoms with E-state index in [1.807, 2.05) is 0 Å². The first-order valence-corrected chi connectivity index (χ1v) is 8.34. The van der Waals surface area contributed by atoms with Gasteiger partial charge in [0, 0.05) is 39.4 Å². The molecule has 1 aromatic heterocycles. The Balaban J connectivity index is 1.59. The van der Waals surface area contributed by atoms with E-state index in [2.05, 4.69) is 4.98 Å². The van der Waals surface area contributed by atoms with Crippen molar-refractivity contribution >= 4 is 5.91 Å². The lowest BCUT2D eigenvalue weighted by molar-refractivity contribution is -0.145. The number of carbonyl (C=O) groups excluding carboxylic acids is 1. The zero-order valence-electron chi connectivity index (χ0n) is 13.7. The zero-order chi connectivity index (χ0) is 17.3. The second kappa shape index (κ2) is 6.74. The van der Waals surface area contributed by atoms with Gasteiger partial charge in [-0.25, -0.2) is 4.98 Å². The first kappa shape index (κ1) is 17.3. The zero-order valence-corrected chi connectivity index (χ0v) is 13.7. The molecule has 24 heavy (non-hydrogen) atoms. The number of nitrogens with zero attached hydrogens (tertiary/aromatic N) is 3. The molecule has 0 radical (unpaired) electrons. The van der Waals surface area contributed by atoms with Crippen LogP contribution in [-0.2, 0) is 28.7 Å². The van der Waals surface area contributed by atoms with E-state index >= 15 is 0 Å². The Labute approximate surface area is 138 Å². The topological polar surface area (TPSA) is 47.4 Å². The van der Waals surface area contributed by atoms with E-state index in [4.69, 9.17) is 4.74 Å². The predicted molar refractivity (Wildman–Crippen MR) is 80.3 cm³/mol. The highest BCUT2D eigenvalue weighted by molar-refractivity contribution is 5.80. The summed E-state index contributed by atoms with van der Waals surface area (Å²) in [5, 5.41) is 0. The minimum atomic E-state index is -4.41. The van der Waals surface area contributed by atoms with Crippen LogP contribution in [0.2, 0.25) is 0 Å². The molecule has 0 unspecified atom stereocenters. The van der Waals surface area contributed by atoms with Gasteiger partial charge in [-0.05, 0) is 31.6 Å². The summed E-state index contributed by atoms with van der Waals surface area (Å²) < 4.78 is 45.3. The van der Waals surface area contributed by atoms with Gasteiger partial charge in [0.2, 0.25) is 0 Å². The monoisotopic (exact) mass is 345 g/mol. The maximum atomic E-state index is 12.8. The maximum absolute atomic E-state index is 12.8. The van der Waals surface area contributed by atoms with Crippen LogP contribution in [0.1, 0.15) is 37.2 Å². The molecule has 0 bridgehead atoms. The molecular weight excluding hydrogens is 323 g/mol. The normalized spacial score (nSPS) is 24.5. The number of rotatable bonds is 3.